The van der Waals surface area contributed by atoms with Gasteiger partial charge in [0.05, 0.1) is 0 Å². The zero-order chi connectivity index (χ0) is 27.8. The molecule has 7 heteroatoms. The first-order valence-corrected chi connectivity index (χ1v) is 13.3. The summed E-state index contributed by atoms with van der Waals surface area (Å²) in [4.78, 5) is 42.3. The molecule has 0 bridgehead atoms. The Morgan fingerprint density at radius 1 is 1.00 bits per heavy atom. The molecule has 0 aliphatic rings. The summed E-state index contributed by atoms with van der Waals surface area (Å²) in [6.07, 6.45) is 1.79. The molecule has 0 aliphatic heterocycles. The number of carbonyl (C=O) groups is 3. The molecule has 0 spiro atoms. The van der Waals surface area contributed by atoms with Gasteiger partial charge in [-0.2, -0.15) is 0 Å². The Bertz CT molecular complexity index is 891. The topological polar surface area (TPSA) is 87.7 Å². The van der Waals surface area contributed by atoms with Gasteiger partial charge in [-0.25, -0.2) is 4.79 Å². The number of nitrogens with one attached hydrogen (secondary N) is 2. The number of benzene rings is 1. The molecule has 0 radical (unpaired) electrons. The summed E-state index contributed by atoms with van der Waals surface area (Å²) in [7, 11) is 0. The molecule has 0 fully saturated rings. The molecular formula is C29H49N3O4. The number of alkyl carbamates (subject to hydrolysis) is 1. The van der Waals surface area contributed by atoms with Crippen molar-refractivity contribution in [3.63, 3.8) is 0 Å². The van der Waals surface area contributed by atoms with Crippen LogP contribution >= 0.6 is 0 Å². The normalized spacial score (nSPS) is 15.0. The van der Waals surface area contributed by atoms with Crippen LogP contribution in [0.4, 0.5) is 4.79 Å². The lowest BCUT2D eigenvalue weighted by atomic mass is 9.92. The van der Waals surface area contributed by atoms with Crippen molar-refractivity contribution < 1.29 is 19.1 Å². The van der Waals surface area contributed by atoms with Crippen molar-refractivity contribution in [1.29, 1.82) is 0 Å². The van der Waals surface area contributed by atoms with Gasteiger partial charge in [0.1, 0.15) is 17.7 Å². The first kappa shape index (κ1) is 31.5. The minimum absolute atomic E-state index is 0.0233. The molecule has 7 nitrogen and oxygen atoms in total. The third kappa shape index (κ3) is 8.82. The number of aryl methyl sites for hydroxylation is 1. The molecule has 0 heterocycles. The summed E-state index contributed by atoms with van der Waals surface area (Å²) in [5.74, 6) is -0.717. The van der Waals surface area contributed by atoms with Crippen molar-refractivity contribution in [3.8, 4) is 0 Å². The maximum absolute atomic E-state index is 14.2. The van der Waals surface area contributed by atoms with Gasteiger partial charge in [0.2, 0.25) is 11.8 Å². The van der Waals surface area contributed by atoms with E-state index in [-0.39, 0.29) is 29.8 Å². The fraction of sp³-hybridized carbons (Fsp3) is 0.690. The molecule has 4 atom stereocenters. The number of rotatable bonds is 11. The quantitative estimate of drug-likeness (QED) is 0.398. The number of carbonyl (C=O) groups excluding carboxylic acids is 3. The minimum Gasteiger partial charge on any atom is -0.444 e. The SMILES string of the molecule is CCCC(C)NC(=O)C(c1cccc(C)c1C)N(C(=O)C(NC(=O)OC(C)(C)C)C(C)C)C(C)CC. The molecule has 3 amide bonds. The van der Waals surface area contributed by atoms with Crippen LogP contribution in [0.5, 0.6) is 0 Å². The second kappa shape index (κ2) is 13.7. The van der Waals surface area contributed by atoms with E-state index in [4.69, 9.17) is 4.74 Å². The molecule has 36 heavy (non-hydrogen) atoms. The van der Waals surface area contributed by atoms with E-state index in [2.05, 4.69) is 17.6 Å². The first-order valence-electron chi connectivity index (χ1n) is 13.3. The van der Waals surface area contributed by atoms with Gasteiger partial charge in [-0.15, -0.1) is 0 Å². The smallest absolute Gasteiger partial charge is 0.408 e. The lowest BCUT2D eigenvalue weighted by Gasteiger charge is -2.40. The maximum Gasteiger partial charge on any atom is 0.408 e. The van der Waals surface area contributed by atoms with Gasteiger partial charge in [-0.1, -0.05) is 52.3 Å². The zero-order valence-electron chi connectivity index (χ0n) is 24.3. The second-order valence-electron chi connectivity index (χ2n) is 11.3. The average molecular weight is 504 g/mol. The van der Waals surface area contributed by atoms with Crippen molar-refractivity contribution in [2.75, 3.05) is 0 Å². The highest BCUT2D eigenvalue weighted by molar-refractivity contribution is 5.92. The lowest BCUT2D eigenvalue weighted by molar-refractivity contribution is -0.146. The van der Waals surface area contributed by atoms with Crippen LogP contribution in [0.1, 0.15) is 104 Å². The number of ether oxygens (including phenoxy) is 1. The second-order valence-corrected chi connectivity index (χ2v) is 11.3. The van der Waals surface area contributed by atoms with Gasteiger partial charge in [0.25, 0.3) is 0 Å². The molecule has 1 aromatic rings. The monoisotopic (exact) mass is 503 g/mol. The van der Waals surface area contributed by atoms with Crippen LogP contribution in [0.3, 0.4) is 0 Å². The number of amides is 3. The Morgan fingerprint density at radius 2 is 1.61 bits per heavy atom. The van der Waals surface area contributed by atoms with Gasteiger partial charge in [0, 0.05) is 12.1 Å². The summed E-state index contributed by atoms with van der Waals surface area (Å²) < 4.78 is 5.44. The van der Waals surface area contributed by atoms with E-state index in [1.54, 1.807) is 25.7 Å². The van der Waals surface area contributed by atoms with Crippen LogP contribution in [-0.4, -0.2) is 46.5 Å². The Morgan fingerprint density at radius 3 is 2.11 bits per heavy atom. The van der Waals surface area contributed by atoms with Crippen LogP contribution in [-0.2, 0) is 14.3 Å². The summed E-state index contributed by atoms with van der Waals surface area (Å²) in [5, 5.41) is 5.92. The minimum atomic E-state index is -0.845. The van der Waals surface area contributed by atoms with Crippen molar-refractivity contribution in [2.24, 2.45) is 5.92 Å². The molecule has 0 saturated carbocycles. The highest BCUT2D eigenvalue weighted by Gasteiger charge is 2.40. The molecule has 1 aromatic carbocycles. The van der Waals surface area contributed by atoms with Gasteiger partial charge in [-0.05, 0) is 83.9 Å². The highest BCUT2D eigenvalue weighted by Crippen LogP contribution is 2.30. The molecule has 1 rings (SSSR count). The molecule has 4 unspecified atom stereocenters. The van der Waals surface area contributed by atoms with Crippen molar-refractivity contribution in [1.82, 2.24) is 15.5 Å². The standard InChI is InChI=1S/C29H49N3O4/c1-12-15-20(6)30-26(33)25(23-17-14-16-19(5)22(23)8)32(21(7)13-2)27(34)24(18(3)4)31-28(35)36-29(9,10)11/h14,16-18,20-21,24-25H,12-13,15H2,1-11H3,(H,30,33)(H,31,35). The van der Waals surface area contributed by atoms with E-state index in [9.17, 15) is 14.4 Å². The molecule has 0 aromatic heterocycles. The molecule has 0 saturated heterocycles. The summed E-state index contributed by atoms with van der Waals surface area (Å²) in [5.41, 5.74) is 2.13. The van der Waals surface area contributed by atoms with Gasteiger partial charge in [0.15, 0.2) is 0 Å². The highest BCUT2D eigenvalue weighted by atomic mass is 16.6. The maximum atomic E-state index is 14.2. The van der Waals surface area contributed by atoms with Crippen molar-refractivity contribution >= 4 is 17.9 Å². The van der Waals surface area contributed by atoms with Crippen LogP contribution in [0.2, 0.25) is 0 Å². The Hall–Kier alpha value is -2.57. The lowest BCUT2D eigenvalue weighted by Crippen LogP contribution is -2.57. The predicted molar refractivity (Wildman–Crippen MR) is 146 cm³/mol. The van der Waals surface area contributed by atoms with E-state index < -0.39 is 23.8 Å². The molecule has 204 valence electrons. The molecule has 0 aliphatic carbocycles. The van der Waals surface area contributed by atoms with Crippen LogP contribution in [0.25, 0.3) is 0 Å². The summed E-state index contributed by atoms with van der Waals surface area (Å²) >= 11 is 0. The molecular weight excluding hydrogens is 454 g/mol. The van der Waals surface area contributed by atoms with E-state index in [1.807, 2.05) is 66.7 Å². The van der Waals surface area contributed by atoms with Gasteiger partial charge < -0.3 is 20.3 Å². The Balaban J connectivity index is 3.60. The summed E-state index contributed by atoms with van der Waals surface area (Å²) in [6, 6.07) is 3.91. The average Bonchev–Trinajstić information content (AvgIpc) is 2.75. The number of nitrogens with zero attached hydrogens (tertiary/aromatic N) is 1. The van der Waals surface area contributed by atoms with E-state index in [0.29, 0.717) is 6.42 Å². The van der Waals surface area contributed by atoms with E-state index in [0.717, 1.165) is 29.5 Å². The Kier molecular flexibility index (Phi) is 11.9. The van der Waals surface area contributed by atoms with E-state index >= 15 is 0 Å². The summed E-state index contributed by atoms with van der Waals surface area (Å²) in [6.45, 7) is 21.1. The van der Waals surface area contributed by atoms with Crippen LogP contribution in [0.15, 0.2) is 18.2 Å². The van der Waals surface area contributed by atoms with Gasteiger partial charge in [-0.3, -0.25) is 9.59 Å². The number of hydrogen-bond acceptors (Lipinski definition) is 4. The van der Waals surface area contributed by atoms with Crippen LogP contribution in [0, 0.1) is 19.8 Å². The third-order valence-corrected chi connectivity index (χ3v) is 6.50. The third-order valence-electron chi connectivity index (χ3n) is 6.50. The Labute approximate surface area is 218 Å². The predicted octanol–water partition coefficient (Wildman–Crippen LogP) is 5.83. The fourth-order valence-corrected chi connectivity index (χ4v) is 4.22. The van der Waals surface area contributed by atoms with Crippen molar-refractivity contribution in [2.45, 2.75) is 125 Å². The van der Waals surface area contributed by atoms with Crippen molar-refractivity contribution in [3.05, 3.63) is 34.9 Å². The fourth-order valence-electron chi connectivity index (χ4n) is 4.22. The van der Waals surface area contributed by atoms with Crippen LogP contribution < -0.4 is 10.6 Å². The number of hydrogen-bond donors (Lipinski definition) is 2. The zero-order valence-corrected chi connectivity index (χ0v) is 24.3. The molecule has 2 N–H and O–H groups in total. The van der Waals surface area contributed by atoms with E-state index in [1.165, 1.54) is 0 Å². The largest absolute Gasteiger partial charge is 0.444 e. The first-order chi connectivity index (χ1) is 16.6. The van der Waals surface area contributed by atoms with Gasteiger partial charge >= 0.3 is 6.09 Å².